The first kappa shape index (κ1) is 22.2. The third-order valence-electron chi connectivity index (χ3n) is 5.15. The second-order valence-electron chi connectivity index (χ2n) is 8.57. The Morgan fingerprint density at radius 1 is 1.00 bits per heavy atom. The molecule has 0 aliphatic carbocycles. The Balaban J connectivity index is 1.53. The maximum Gasteiger partial charge on any atom is 0.311 e. The topological polar surface area (TPSA) is 92.8 Å². The standard InChI is InChI=1S/C24H26N2O5/c1-24(2,3)19-11-9-17(10-12-19)22(29)25-26-14-18(13-21(26)28)23(30)31-15-20(27)16-7-5-4-6-8-16/h4-12,18H,13-15H2,1-3H3,(H,25,29). The van der Waals surface area contributed by atoms with Crippen LogP contribution in [0.25, 0.3) is 0 Å². The molecule has 1 saturated heterocycles. The van der Waals surface area contributed by atoms with E-state index >= 15 is 0 Å². The second kappa shape index (κ2) is 9.12. The Kier molecular flexibility index (Phi) is 6.53. The second-order valence-corrected chi connectivity index (χ2v) is 8.57. The van der Waals surface area contributed by atoms with Gasteiger partial charge in [-0.2, -0.15) is 0 Å². The first-order chi connectivity index (χ1) is 14.6. The van der Waals surface area contributed by atoms with Crippen molar-refractivity contribution >= 4 is 23.6 Å². The summed E-state index contributed by atoms with van der Waals surface area (Å²) in [5.74, 6) is -2.50. The van der Waals surface area contributed by atoms with Crippen LogP contribution < -0.4 is 5.43 Å². The van der Waals surface area contributed by atoms with Gasteiger partial charge in [0.05, 0.1) is 12.5 Å². The number of esters is 1. The van der Waals surface area contributed by atoms with Gasteiger partial charge in [0.25, 0.3) is 5.91 Å². The number of Topliss-reactive ketones (excluding diaryl/α,β-unsaturated/α-hetero) is 1. The molecule has 0 saturated carbocycles. The van der Waals surface area contributed by atoms with Crippen LogP contribution >= 0.6 is 0 Å². The molecule has 1 heterocycles. The number of ketones is 1. The van der Waals surface area contributed by atoms with E-state index in [0.717, 1.165) is 10.6 Å². The Morgan fingerprint density at radius 2 is 1.65 bits per heavy atom. The van der Waals surface area contributed by atoms with Gasteiger partial charge in [0, 0.05) is 17.5 Å². The molecule has 0 radical (unpaired) electrons. The zero-order valence-electron chi connectivity index (χ0n) is 17.9. The first-order valence-corrected chi connectivity index (χ1v) is 10.1. The fourth-order valence-electron chi connectivity index (χ4n) is 3.24. The smallest absolute Gasteiger partial charge is 0.311 e. The van der Waals surface area contributed by atoms with Crippen molar-refractivity contribution in [2.45, 2.75) is 32.6 Å². The summed E-state index contributed by atoms with van der Waals surface area (Å²) >= 11 is 0. The molecule has 31 heavy (non-hydrogen) atoms. The third-order valence-corrected chi connectivity index (χ3v) is 5.15. The Morgan fingerprint density at radius 3 is 2.26 bits per heavy atom. The van der Waals surface area contributed by atoms with Crippen molar-refractivity contribution in [2.75, 3.05) is 13.2 Å². The van der Waals surface area contributed by atoms with Gasteiger partial charge in [-0.15, -0.1) is 0 Å². The summed E-state index contributed by atoms with van der Waals surface area (Å²) in [6, 6.07) is 15.7. The van der Waals surface area contributed by atoms with Gasteiger partial charge in [-0.3, -0.25) is 29.6 Å². The molecule has 2 aromatic carbocycles. The van der Waals surface area contributed by atoms with Crippen molar-refractivity contribution in [3.8, 4) is 0 Å². The first-order valence-electron chi connectivity index (χ1n) is 10.1. The molecule has 0 aromatic heterocycles. The molecule has 162 valence electrons. The molecule has 1 unspecified atom stereocenters. The number of hydrogen-bond acceptors (Lipinski definition) is 5. The van der Waals surface area contributed by atoms with Crippen LogP contribution in [0.4, 0.5) is 0 Å². The van der Waals surface area contributed by atoms with Crippen molar-refractivity contribution in [2.24, 2.45) is 5.92 Å². The fourth-order valence-corrected chi connectivity index (χ4v) is 3.24. The summed E-state index contributed by atoms with van der Waals surface area (Å²) in [6.45, 7) is 5.86. The van der Waals surface area contributed by atoms with E-state index in [1.165, 1.54) is 0 Å². The quantitative estimate of drug-likeness (QED) is 0.571. The van der Waals surface area contributed by atoms with E-state index in [9.17, 15) is 19.2 Å². The van der Waals surface area contributed by atoms with E-state index < -0.39 is 17.8 Å². The summed E-state index contributed by atoms with van der Waals surface area (Å²) < 4.78 is 5.09. The van der Waals surface area contributed by atoms with Gasteiger partial charge in [-0.1, -0.05) is 63.2 Å². The van der Waals surface area contributed by atoms with Gasteiger partial charge in [0.15, 0.2) is 12.4 Å². The summed E-state index contributed by atoms with van der Waals surface area (Å²) in [6.07, 6.45) is -0.0817. The van der Waals surface area contributed by atoms with E-state index in [0.29, 0.717) is 11.1 Å². The number of nitrogens with zero attached hydrogens (tertiary/aromatic N) is 1. The normalized spacial score (nSPS) is 16.2. The highest BCUT2D eigenvalue weighted by Crippen LogP contribution is 2.22. The predicted octanol–water partition coefficient (Wildman–Crippen LogP) is 2.90. The van der Waals surface area contributed by atoms with Crippen LogP contribution in [0.5, 0.6) is 0 Å². The van der Waals surface area contributed by atoms with Crippen LogP contribution in [-0.4, -0.2) is 41.7 Å². The van der Waals surface area contributed by atoms with E-state index in [4.69, 9.17) is 4.74 Å². The molecule has 1 fully saturated rings. The Bertz CT molecular complexity index is 977. The number of amides is 2. The lowest BCUT2D eigenvalue weighted by Gasteiger charge is -2.20. The molecule has 7 nitrogen and oxygen atoms in total. The van der Waals surface area contributed by atoms with Gasteiger partial charge in [-0.25, -0.2) is 0 Å². The lowest BCUT2D eigenvalue weighted by Crippen LogP contribution is -2.43. The number of carbonyl (C=O) groups excluding carboxylic acids is 4. The van der Waals surface area contributed by atoms with Crippen molar-refractivity contribution in [1.29, 1.82) is 0 Å². The summed E-state index contributed by atoms with van der Waals surface area (Å²) in [5, 5.41) is 1.13. The monoisotopic (exact) mass is 422 g/mol. The Hall–Kier alpha value is -3.48. The van der Waals surface area contributed by atoms with Crippen molar-refractivity contribution in [3.63, 3.8) is 0 Å². The van der Waals surface area contributed by atoms with Gasteiger partial charge in [0.2, 0.25) is 5.91 Å². The van der Waals surface area contributed by atoms with Crippen molar-refractivity contribution < 1.29 is 23.9 Å². The number of nitrogens with one attached hydrogen (secondary N) is 1. The summed E-state index contributed by atoms with van der Waals surface area (Å²) in [5.41, 5.74) is 4.47. The number of benzene rings is 2. The minimum atomic E-state index is -0.736. The average molecular weight is 422 g/mol. The Labute approximate surface area is 181 Å². The number of ether oxygens (including phenoxy) is 1. The third kappa shape index (κ3) is 5.57. The minimum absolute atomic E-state index is 0.00298. The lowest BCUT2D eigenvalue weighted by molar-refractivity contribution is -0.147. The van der Waals surface area contributed by atoms with Crippen LogP contribution in [0.1, 0.15) is 53.5 Å². The van der Waals surface area contributed by atoms with E-state index in [1.807, 2.05) is 12.1 Å². The molecule has 1 aliphatic rings. The zero-order valence-corrected chi connectivity index (χ0v) is 17.9. The van der Waals surface area contributed by atoms with Gasteiger partial charge >= 0.3 is 5.97 Å². The molecule has 1 N–H and O–H groups in total. The highest BCUT2D eigenvalue weighted by atomic mass is 16.5. The summed E-state index contributed by atoms with van der Waals surface area (Å²) in [4.78, 5) is 49.1. The van der Waals surface area contributed by atoms with Crippen LogP contribution in [0.15, 0.2) is 54.6 Å². The molecule has 1 aliphatic heterocycles. The van der Waals surface area contributed by atoms with Crippen molar-refractivity contribution in [3.05, 3.63) is 71.3 Å². The molecule has 7 heteroatoms. The van der Waals surface area contributed by atoms with E-state index in [-0.39, 0.29) is 36.7 Å². The van der Waals surface area contributed by atoms with Gasteiger partial charge < -0.3 is 4.74 Å². The molecule has 2 aromatic rings. The van der Waals surface area contributed by atoms with E-state index in [2.05, 4.69) is 26.2 Å². The van der Waals surface area contributed by atoms with E-state index in [1.54, 1.807) is 42.5 Å². The minimum Gasteiger partial charge on any atom is -0.457 e. The molecule has 3 rings (SSSR count). The maximum atomic E-state index is 12.5. The molecular formula is C24H26N2O5. The molecule has 0 bridgehead atoms. The van der Waals surface area contributed by atoms with Crippen LogP contribution in [0.3, 0.4) is 0 Å². The fraction of sp³-hybridized carbons (Fsp3) is 0.333. The number of hydrogen-bond donors (Lipinski definition) is 1. The van der Waals surface area contributed by atoms with Crippen LogP contribution in [-0.2, 0) is 19.7 Å². The molecule has 2 amide bonds. The highest BCUT2D eigenvalue weighted by Gasteiger charge is 2.36. The predicted molar refractivity (Wildman–Crippen MR) is 114 cm³/mol. The molecule has 1 atom stereocenters. The van der Waals surface area contributed by atoms with Gasteiger partial charge in [0.1, 0.15) is 0 Å². The number of hydrazine groups is 1. The molecule has 0 spiro atoms. The van der Waals surface area contributed by atoms with Gasteiger partial charge in [-0.05, 0) is 23.1 Å². The zero-order chi connectivity index (χ0) is 22.6. The largest absolute Gasteiger partial charge is 0.457 e. The van der Waals surface area contributed by atoms with Crippen LogP contribution in [0.2, 0.25) is 0 Å². The highest BCUT2D eigenvalue weighted by molar-refractivity contribution is 5.99. The SMILES string of the molecule is CC(C)(C)c1ccc(C(=O)NN2CC(C(=O)OCC(=O)c3ccccc3)CC2=O)cc1. The average Bonchev–Trinajstić information content (AvgIpc) is 3.12. The summed E-state index contributed by atoms with van der Waals surface area (Å²) in [7, 11) is 0. The molecular weight excluding hydrogens is 396 g/mol. The number of carbonyl (C=O) groups is 4. The maximum absolute atomic E-state index is 12.5. The van der Waals surface area contributed by atoms with Crippen LogP contribution in [0, 0.1) is 5.92 Å². The van der Waals surface area contributed by atoms with Crippen molar-refractivity contribution in [1.82, 2.24) is 10.4 Å². The lowest BCUT2D eigenvalue weighted by atomic mass is 9.87. The number of rotatable bonds is 6.